The molecule has 0 bridgehead atoms. The Morgan fingerprint density at radius 2 is 1.93 bits per heavy atom. The van der Waals surface area contributed by atoms with E-state index in [1.165, 1.54) is 6.92 Å². The monoisotopic (exact) mass is 398 g/mol. The minimum absolute atomic E-state index is 0.000821. The molecule has 1 fully saturated rings. The number of benzene rings is 1. The van der Waals surface area contributed by atoms with Gasteiger partial charge in [-0.25, -0.2) is 18.4 Å². The van der Waals surface area contributed by atoms with Gasteiger partial charge in [0.2, 0.25) is 0 Å². The van der Waals surface area contributed by atoms with Gasteiger partial charge < -0.3 is 19.7 Å². The molecule has 6 nitrogen and oxygen atoms in total. The van der Waals surface area contributed by atoms with Crippen LogP contribution in [-0.4, -0.2) is 43.4 Å². The minimum atomic E-state index is -0.896. The van der Waals surface area contributed by atoms with Crippen molar-refractivity contribution >= 4 is 17.7 Å². The van der Waals surface area contributed by atoms with E-state index in [1.54, 1.807) is 32.6 Å². The van der Waals surface area contributed by atoms with E-state index in [0.717, 1.165) is 6.07 Å². The van der Waals surface area contributed by atoms with Gasteiger partial charge in [-0.05, 0) is 46.6 Å². The summed E-state index contributed by atoms with van der Waals surface area (Å²) in [6, 6.07) is 0.594. The zero-order valence-corrected chi connectivity index (χ0v) is 17.2. The third-order valence-corrected chi connectivity index (χ3v) is 4.54. The lowest BCUT2D eigenvalue weighted by Gasteiger charge is -2.24. The number of esters is 1. The first kappa shape index (κ1) is 21.9. The molecule has 2 rings (SSSR count). The Kier molecular flexibility index (Phi) is 6.52. The molecule has 1 aromatic carbocycles. The van der Waals surface area contributed by atoms with E-state index < -0.39 is 34.9 Å². The van der Waals surface area contributed by atoms with Gasteiger partial charge in [-0.1, -0.05) is 6.92 Å². The number of halogens is 2. The zero-order valence-electron chi connectivity index (χ0n) is 17.2. The molecule has 0 radical (unpaired) electrons. The third kappa shape index (κ3) is 4.91. The van der Waals surface area contributed by atoms with Crippen LogP contribution in [0.2, 0.25) is 0 Å². The van der Waals surface area contributed by atoms with Crippen molar-refractivity contribution in [2.45, 2.75) is 53.2 Å². The van der Waals surface area contributed by atoms with Gasteiger partial charge in [0.25, 0.3) is 0 Å². The summed E-state index contributed by atoms with van der Waals surface area (Å²) in [6.45, 7) is 11.0. The molecule has 1 heterocycles. The normalized spacial score (nSPS) is 19.5. The van der Waals surface area contributed by atoms with Gasteiger partial charge in [0, 0.05) is 18.7 Å². The van der Waals surface area contributed by atoms with Crippen LogP contribution in [0, 0.1) is 24.5 Å². The Bertz CT molecular complexity index is 762. The van der Waals surface area contributed by atoms with E-state index >= 15 is 0 Å². The fourth-order valence-electron chi connectivity index (χ4n) is 3.29. The van der Waals surface area contributed by atoms with Crippen LogP contribution in [0.1, 0.15) is 50.5 Å². The van der Waals surface area contributed by atoms with Crippen molar-refractivity contribution in [3.8, 4) is 0 Å². The van der Waals surface area contributed by atoms with E-state index in [4.69, 9.17) is 9.47 Å². The highest BCUT2D eigenvalue weighted by Crippen LogP contribution is 2.33. The number of ether oxygens (including phenoxy) is 2. The first-order valence-corrected chi connectivity index (χ1v) is 9.34. The summed E-state index contributed by atoms with van der Waals surface area (Å²) in [5.74, 6) is -2.40. The molecule has 1 aliphatic rings. The molecule has 1 saturated heterocycles. The van der Waals surface area contributed by atoms with Crippen LogP contribution in [-0.2, 0) is 9.47 Å². The van der Waals surface area contributed by atoms with Crippen LogP contribution in [0.4, 0.5) is 19.3 Å². The van der Waals surface area contributed by atoms with Crippen molar-refractivity contribution in [3.63, 3.8) is 0 Å². The highest BCUT2D eigenvalue weighted by atomic mass is 19.1. The molecular formula is C20H28F2N2O4. The fourth-order valence-corrected chi connectivity index (χ4v) is 3.29. The molecule has 1 aromatic rings. The number of carbonyl (C=O) groups excluding carboxylic acids is 2. The maximum atomic E-state index is 14.8. The maximum Gasteiger partial charge on any atom is 0.407 e. The van der Waals surface area contributed by atoms with Crippen LogP contribution < -0.4 is 10.2 Å². The zero-order chi connectivity index (χ0) is 21.2. The topological polar surface area (TPSA) is 67.9 Å². The molecule has 0 aromatic heterocycles. The second-order valence-electron chi connectivity index (χ2n) is 8.05. The lowest BCUT2D eigenvalue weighted by molar-refractivity contribution is 0.0495. The Labute approximate surface area is 164 Å². The highest BCUT2D eigenvalue weighted by molar-refractivity contribution is 5.91. The van der Waals surface area contributed by atoms with E-state index in [-0.39, 0.29) is 29.8 Å². The van der Waals surface area contributed by atoms with Crippen molar-refractivity contribution in [3.05, 3.63) is 28.8 Å². The van der Waals surface area contributed by atoms with Crippen molar-refractivity contribution in [1.29, 1.82) is 0 Å². The Morgan fingerprint density at radius 3 is 2.50 bits per heavy atom. The number of anilines is 1. The van der Waals surface area contributed by atoms with E-state index in [2.05, 4.69) is 5.32 Å². The lowest BCUT2D eigenvalue weighted by Crippen LogP contribution is -2.42. The predicted molar refractivity (Wildman–Crippen MR) is 102 cm³/mol. The van der Waals surface area contributed by atoms with Crippen molar-refractivity contribution in [2.75, 3.05) is 24.6 Å². The van der Waals surface area contributed by atoms with E-state index in [0.29, 0.717) is 13.1 Å². The van der Waals surface area contributed by atoms with Crippen LogP contribution in [0.25, 0.3) is 0 Å². The van der Waals surface area contributed by atoms with E-state index in [1.807, 2.05) is 6.92 Å². The number of hydrogen-bond acceptors (Lipinski definition) is 5. The van der Waals surface area contributed by atoms with Gasteiger partial charge in [0.15, 0.2) is 0 Å². The van der Waals surface area contributed by atoms with Crippen LogP contribution in [0.5, 0.6) is 0 Å². The molecule has 1 aliphatic heterocycles. The maximum absolute atomic E-state index is 14.8. The summed E-state index contributed by atoms with van der Waals surface area (Å²) < 4.78 is 39.5. The Morgan fingerprint density at radius 1 is 1.29 bits per heavy atom. The number of alkyl carbamates (subject to hydrolysis) is 1. The SMILES string of the molecule is CCOC(=O)c1cc(F)c(N2CC(C)C(NC(=O)OC(C)(C)C)C2)c(C)c1F. The molecule has 2 unspecified atom stereocenters. The summed E-state index contributed by atoms with van der Waals surface area (Å²) >= 11 is 0. The van der Waals surface area contributed by atoms with Crippen LogP contribution in [0.3, 0.4) is 0 Å². The molecule has 1 amide bonds. The molecule has 28 heavy (non-hydrogen) atoms. The first-order valence-electron chi connectivity index (χ1n) is 9.34. The molecule has 156 valence electrons. The van der Waals surface area contributed by atoms with Gasteiger partial charge in [-0.2, -0.15) is 0 Å². The number of hydrogen-bond donors (Lipinski definition) is 1. The number of amides is 1. The third-order valence-electron chi connectivity index (χ3n) is 4.54. The minimum Gasteiger partial charge on any atom is -0.462 e. The number of nitrogens with zero attached hydrogens (tertiary/aromatic N) is 1. The molecule has 1 N–H and O–H groups in total. The largest absolute Gasteiger partial charge is 0.462 e. The molecule has 0 spiro atoms. The molecule has 0 aliphatic carbocycles. The van der Waals surface area contributed by atoms with Crippen LogP contribution >= 0.6 is 0 Å². The van der Waals surface area contributed by atoms with Crippen molar-refractivity contribution in [2.24, 2.45) is 5.92 Å². The van der Waals surface area contributed by atoms with Crippen molar-refractivity contribution in [1.82, 2.24) is 5.32 Å². The molecule has 2 atom stereocenters. The summed E-state index contributed by atoms with van der Waals surface area (Å²) in [5.41, 5.74) is -0.921. The fraction of sp³-hybridized carbons (Fsp3) is 0.600. The quantitative estimate of drug-likeness (QED) is 0.782. The standard InChI is InChI=1S/C20H28F2N2O4/c1-7-27-18(25)13-8-14(21)17(12(3)16(13)22)24-9-11(2)15(10-24)23-19(26)28-20(4,5)6/h8,11,15H,7,9-10H2,1-6H3,(H,23,26). The van der Waals surface area contributed by atoms with Gasteiger partial charge >= 0.3 is 12.1 Å². The van der Waals surface area contributed by atoms with Gasteiger partial charge in [0.1, 0.15) is 17.2 Å². The first-order chi connectivity index (χ1) is 12.9. The Hall–Kier alpha value is -2.38. The van der Waals surface area contributed by atoms with E-state index in [9.17, 15) is 18.4 Å². The van der Waals surface area contributed by atoms with Gasteiger partial charge in [-0.15, -0.1) is 0 Å². The average molecular weight is 398 g/mol. The van der Waals surface area contributed by atoms with Crippen LogP contribution in [0.15, 0.2) is 6.07 Å². The highest BCUT2D eigenvalue weighted by Gasteiger charge is 2.35. The Balaban J connectivity index is 2.21. The van der Waals surface area contributed by atoms with Gasteiger partial charge in [-0.3, -0.25) is 0 Å². The molecule has 8 heteroatoms. The van der Waals surface area contributed by atoms with Crippen molar-refractivity contribution < 1.29 is 27.8 Å². The van der Waals surface area contributed by atoms with Gasteiger partial charge in [0.05, 0.1) is 23.9 Å². The second-order valence-corrected chi connectivity index (χ2v) is 8.05. The summed E-state index contributed by atoms with van der Waals surface area (Å²) in [7, 11) is 0. The smallest absolute Gasteiger partial charge is 0.407 e. The molecule has 0 saturated carbocycles. The summed E-state index contributed by atoms with van der Waals surface area (Å²) in [4.78, 5) is 25.5. The number of nitrogens with one attached hydrogen (secondary N) is 1. The number of carbonyl (C=O) groups is 2. The second kappa shape index (κ2) is 8.32. The number of rotatable bonds is 4. The predicted octanol–water partition coefficient (Wildman–Crippen LogP) is 3.80. The summed E-state index contributed by atoms with van der Waals surface area (Å²) in [6.07, 6.45) is -0.549. The average Bonchev–Trinajstić information content (AvgIpc) is 2.89. The lowest BCUT2D eigenvalue weighted by atomic mass is 10.1. The summed E-state index contributed by atoms with van der Waals surface area (Å²) in [5, 5.41) is 2.79. The molecular weight excluding hydrogens is 370 g/mol.